The number of thiocarbonyl (C=S) groups is 1. The first-order valence-corrected chi connectivity index (χ1v) is 6.35. The molecule has 0 radical (unpaired) electrons. The number of hydrogen-bond acceptors (Lipinski definition) is 4. The Morgan fingerprint density at radius 2 is 2.21 bits per heavy atom. The molecular weight excluding hydrogens is 286 g/mol. The molecule has 0 fully saturated rings. The lowest BCUT2D eigenvalue weighted by atomic mass is 10.2. The Kier molecular flexibility index (Phi) is 5.85. The van der Waals surface area contributed by atoms with E-state index in [1.165, 1.54) is 6.21 Å². The average Bonchev–Trinajstić information content (AvgIpc) is 2.31. The highest BCUT2D eigenvalue weighted by Crippen LogP contribution is 2.36. The van der Waals surface area contributed by atoms with Crippen LogP contribution in [-0.2, 0) is 0 Å². The summed E-state index contributed by atoms with van der Waals surface area (Å²) in [4.78, 5) is 0. The van der Waals surface area contributed by atoms with Crippen molar-refractivity contribution in [1.82, 2.24) is 5.43 Å². The molecule has 1 aromatic rings. The smallest absolute Gasteiger partial charge is 0.184 e. The third-order valence-electron chi connectivity index (χ3n) is 1.99. The van der Waals surface area contributed by atoms with E-state index in [1.54, 1.807) is 19.2 Å². The second-order valence-corrected chi connectivity index (χ2v) is 4.78. The summed E-state index contributed by atoms with van der Waals surface area (Å²) in [5.41, 5.74) is 8.46. The van der Waals surface area contributed by atoms with Gasteiger partial charge in [0.15, 0.2) is 16.6 Å². The second-order valence-electron chi connectivity index (χ2n) is 3.93. The highest BCUT2D eigenvalue weighted by atomic mass is 35.5. The second kappa shape index (κ2) is 7.16. The number of nitrogens with zero attached hydrogens (tertiary/aromatic N) is 1. The monoisotopic (exact) mass is 301 g/mol. The summed E-state index contributed by atoms with van der Waals surface area (Å²) < 4.78 is 10.9. The molecule has 3 N–H and O–H groups in total. The van der Waals surface area contributed by atoms with Gasteiger partial charge in [-0.05, 0) is 43.8 Å². The normalized spacial score (nSPS) is 10.8. The quantitative estimate of drug-likeness (QED) is 0.496. The third-order valence-corrected chi connectivity index (χ3v) is 2.37. The number of rotatable bonds is 5. The molecule has 0 amide bonds. The SMILES string of the molecule is COc1cc(C=NNC(N)=S)cc(Cl)c1OC(C)C. The van der Waals surface area contributed by atoms with Gasteiger partial charge in [0, 0.05) is 0 Å². The molecule has 0 atom stereocenters. The molecule has 0 bridgehead atoms. The van der Waals surface area contributed by atoms with Gasteiger partial charge in [-0.15, -0.1) is 0 Å². The van der Waals surface area contributed by atoms with Gasteiger partial charge in [0.05, 0.1) is 24.5 Å². The zero-order valence-electron chi connectivity index (χ0n) is 10.9. The van der Waals surface area contributed by atoms with Crippen LogP contribution in [0.3, 0.4) is 0 Å². The van der Waals surface area contributed by atoms with Crippen molar-refractivity contribution in [2.45, 2.75) is 20.0 Å². The van der Waals surface area contributed by atoms with E-state index in [4.69, 9.17) is 26.8 Å². The van der Waals surface area contributed by atoms with Gasteiger partial charge in [-0.3, -0.25) is 5.43 Å². The van der Waals surface area contributed by atoms with Crippen LogP contribution in [0.5, 0.6) is 11.5 Å². The van der Waals surface area contributed by atoms with Crippen LogP contribution in [0.2, 0.25) is 5.02 Å². The molecule has 7 heteroatoms. The van der Waals surface area contributed by atoms with Crippen LogP contribution in [-0.4, -0.2) is 24.5 Å². The maximum atomic E-state index is 6.16. The molecule has 0 unspecified atom stereocenters. The van der Waals surface area contributed by atoms with Gasteiger partial charge in [0.2, 0.25) is 0 Å². The van der Waals surface area contributed by atoms with Crippen LogP contribution >= 0.6 is 23.8 Å². The summed E-state index contributed by atoms with van der Waals surface area (Å²) >= 11 is 10.8. The molecule has 0 aromatic heterocycles. The summed E-state index contributed by atoms with van der Waals surface area (Å²) in [6.07, 6.45) is 1.54. The predicted molar refractivity (Wildman–Crippen MR) is 81.3 cm³/mol. The Labute approximate surface area is 122 Å². The zero-order valence-corrected chi connectivity index (χ0v) is 12.5. The van der Waals surface area contributed by atoms with Gasteiger partial charge in [0.1, 0.15) is 0 Å². The molecule has 1 rings (SSSR count). The number of benzene rings is 1. The molecule has 0 aliphatic rings. The van der Waals surface area contributed by atoms with Gasteiger partial charge in [-0.2, -0.15) is 5.10 Å². The summed E-state index contributed by atoms with van der Waals surface area (Å²) in [5.74, 6) is 1.05. The molecule has 19 heavy (non-hydrogen) atoms. The molecule has 104 valence electrons. The highest BCUT2D eigenvalue weighted by molar-refractivity contribution is 7.80. The van der Waals surface area contributed by atoms with Crippen molar-refractivity contribution < 1.29 is 9.47 Å². The molecule has 0 aliphatic carbocycles. The molecule has 0 saturated carbocycles. The predicted octanol–water partition coefficient (Wildman–Crippen LogP) is 2.30. The van der Waals surface area contributed by atoms with Crippen molar-refractivity contribution in [2.24, 2.45) is 10.8 Å². The van der Waals surface area contributed by atoms with Crippen molar-refractivity contribution in [2.75, 3.05) is 7.11 Å². The lowest BCUT2D eigenvalue weighted by Crippen LogP contribution is -2.23. The number of nitrogens with one attached hydrogen (secondary N) is 1. The van der Waals surface area contributed by atoms with Gasteiger partial charge < -0.3 is 15.2 Å². The first kappa shape index (κ1) is 15.5. The summed E-state index contributed by atoms with van der Waals surface area (Å²) in [6.45, 7) is 3.83. The van der Waals surface area contributed by atoms with Crippen LogP contribution in [0.15, 0.2) is 17.2 Å². The van der Waals surface area contributed by atoms with Crippen LogP contribution in [0.1, 0.15) is 19.4 Å². The van der Waals surface area contributed by atoms with Crippen molar-refractivity contribution in [3.05, 3.63) is 22.7 Å². The number of hydrogen-bond donors (Lipinski definition) is 2. The largest absolute Gasteiger partial charge is 0.493 e. The van der Waals surface area contributed by atoms with E-state index in [-0.39, 0.29) is 11.2 Å². The maximum Gasteiger partial charge on any atom is 0.184 e. The first-order chi connectivity index (χ1) is 8.93. The van der Waals surface area contributed by atoms with Gasteiger partial charge >= 0.3 is 0 Å². The van der Waals surface area contributed by atoms with E-state index in [9.17, 15) is 0 Å². The zero-order chi connectivity index (χ0) is 14.4. The molecule has 0 spiro atoms. The Morgan fingerprint density at radius 1 is 1.53 bits per heavy atom. The topological polar surface area (TPSA) is 68.9 Å². The maximum absolute atomic E-state index is 6.16. The van der Waals surface area contributed by atoms with Gasteiger partial charge in [0.25, 0.3) is 0 Å². The van der Waals surface area contributed by atoms with E-state index >= 15 is 0 Å². The van der Waals surface area contributed by atoms with Crippen molar-refractivity contribution >= 4 is 35.1 Å². The van der Waals surface area contributed by atoms with E-state index in [0.717, 1.165) is 5.56 Å². The Morgan fingerprint density at radius 3 is 2.74 bits per heavy atom. The Hall–Kier alpha value is -1.53. The molecule has 0 saturated heterocycles. The summed E-state index contributed by atoms with van der Waals surface area (Å²) in [5, 5.41) is 4.39. The van der Waals surface area contributed by atoms with Crippen LogP contribution < -0.4 is 20.6 Å². The fourth-order valence-corrected chi connectivity index (χ4v) is 1.65. The number of methoxy groups -OCH3 is 1. The highest BCUT2D eigenvalue weighted by Gasteiger charge is 2.12. The van der Waals surface area contributed by atoms with E-state index in [2.05, 4.69) is 22.7 Å². The average molecular weight is 302 g/mol. The van der Waals surface area contributed by atoms with Crippen molar-refractivity contribution in [3.63, 3.8) is 0 Å². The van der Waals surface area contributed by atoms with Crippen LogP contribution in [0.25, 0.3) is 0 Å². The summed E-state index contributed by atoms with van der Waals surface area (Å²) in [6, 6.07) is 3.47. The molecular formula is C12H16ClN3O2S. The standard InChI is InChI=1S/C12H16ClN3O2S/c1-7(2)18-11-9(13)4-8(5-10(11)17-3)6-15-16-12(14)19/h4-7H,1-3H3,(H3,14,16,19). The van der Waals surface area contributed by atoms with E-state index in [1.807, 2.05) is 13.8 Å². The number of halogens is 1. The molecule has 1 aromatic carbocycles. The van der Waals surface area contributed by atoms with Crippen molar-refractivity contribution in [3.8, 4) is 11.5 Å². The Balaban J connectivity index is 3.01. The van der Waals surface area contributed by atoms with Gasteiger partial charge in [-0.1, -0.05) is 11.6 Å². The van der Waals surface area contributed by atoms with Crippen molar-refractivity contribution in [1.29, 1.82) is 0 Å². The lowest BCUT2D eigenvalue weighted by Gasteiger charge is -2.15. The third kappa shape index (κ3) is 4.92. The minimum Gasteiger partial charge on any atom is -0.493 e. The number of ether oxygens (including phenoxy) is 2. The van der Waals surface area contributed by atoms with Crippen LogP contribution in [0.4, 0.5) is 0 Å². The van der Waals surface area contributed by atoms with E-state index < -0.39 is 0 Å². The fourth-order valence-electron chi connectivity index (χ4n) is 1.33. The Bertz CT molecular complexity index is 492. The van der Waals surface area contributed by atoms with Crippen LogP contribution in [0, 0.1) is 0 Å². The minimum absolute atomic E-state index is 0.00203. The molecule has 5 nitrogen and oxygen atoms in total. The summed E-state index contributed by atoms with van der Waals surface area (Å²) in [7, 11) is 1.55. The van der Waals surface area contributed by atoms with E-state index in [0.29, 0.717) is 16.5 Å². The number of nitrogens with two attached hydrogens (primary N) is 1. The number of hydrazone groups is 1. The van der Waals surface area contributed by atoms with Gasteiger partial charge in [-0.25, -0.2) is 0 Å². The molecule has 0 heterocycles. The minimum atomic E-state index is 0.00203. The lowest BCUT2D eigenvalue weighted by molar-refractivity contribution is 0.230. The fraction of sp³-hybridized carbons (Fsp3) is 0.333. The first-order valence-electron chi connectivity index (χ1n) is 5.56. The molecule has 0 aliphatic heterocycles.